The Morgan fingerprint density at radius 1 is 0.233 bits per heavy atom. The molecule has 422 valence electrons. The van der Waals surface area contributed by atoms with E-state index in [1.807, 2.05) is 0 Å². The third-order valence-electron chi connectivity index (χ3n) is 19.2. The second kappa shape index (κ2) is 22.0. The van der Waals surface area contributed by atoms with Crippen LogP contribution >= 0.6 is 0 Å². The van der Waals surface area contributed by atoms with Gasteiger partial charge in [0.05, 0.1) is 16.7 Å². The van der Waals surface area contributed by atoms with Crippen LogP contribution in [0.5, 0.6) is 0 Å². The molecule has 2 aliphatic rings. The molecule has 6 heteroatoms. The maximum Gasteiger partial charge on any atom is 0.252 e. The van der Waals surface area contributed by atoms with Crippen molar-refractivity contribution in [2.45, 2.75) is 0 Å². The van der Waals surface area contributed by atoms with Crippen LogP contribution in [0.3, 0.4) is 0 Å². The Bertz CT molecular complexity index is 4880. The average molecular weight is 1180 g/mol. The minimum Gasteiger partial charge on any atom is -0.311 e. The SMILES string of the molecule is c1ccc(-c2cccc3c2B2c4ccccc4N(c4cccc([Si](c5ccccc5)(c5ccccc5)c5ccccc5)c4)c4cc(-n5c6ccccc6c6ccccc65)cc(c42)N3c2cccc([Si](c3ccccc3)(c3ccccc3)c3ccccc3)c2)cc1. The maximum absolute atomic E-state index is 3.01. The normalized spacial score (nSPS) is 12.6. The molecule has 3 heterocycles. The van der Waals surface area contributed by atoms with Crippen LogP contribution in [0.15, 0.2) is 364 Å². The Morgan fingerprint density at radius 2 is 0.578 bits per heavy atom. The van der Waals surface area contributed by atoms with Crippen LogP contribution in [-0.4, -0.2) is 27.4 Å². The largest absolute Gasteiger partial charge is 0.311 e. The molecule has 14 aromatic carbocycles. The van der Waals surface area contributed by atoms with Crippen molar-refractivity contribution in [3.63, 3.8) is 0 Å². The predicted molar refractivity (Wildman–Crippen MR) is 387 cm³/mol. The summed E-state index contributed by atoms with van der Waals surface area (Å²) >= 11 is 0. The summed E-state index contributed by atoms with van der Waals surface area (Å²) in [6.07, 6.45) is 0. The van der Waals surface area contributed by atoms with Gasteiger partial charge in [-0.05, 0) is 130 Å². The maximum atomic E-state index is 2.64. The highest BCUT2D eigenvalue weighted by Gasteiger charge is 2.48. The second-order valence-electron chi connectivity index (χ2n) is 23.8. The van der Waals surface area contributed by atoms with Crippen molar-refractivity contribution in [3.8, 4) is 16.8 Å². The van der Waals surface area contributed by atoms with Gasteiger partial charge in [0.2, 0.25) is 0 Å². The quantitative estimate of drug-likeness (QED) is 0.0892. The van der Waals surface area contributed by atoms with Gasteiger partial charge in [-0.25, -0.2) is 0 Å². The summed E-state index contributed by atoms with van der Waals surface area (Å²) < 4.78 is 2.52. The molecular formula is C84H60BN3Si2. The second-order valence-corrected chi connectivity index (χ2v) is 31.5. The van der Waals surface area contributed by atoms with E-state index in [0.29, 0.717) is 0 Å². The van der Waals surface area contributed by atoms with Crippen molar-refractivity contribution >= 4 is 137 Å². The van der Waals surface area contributed by atoms with E-state index in [-0.39, 0.29) is 6.71 Å². The Kier molecular flexibility index (Phi) is 13.0. The highest BCUT2D eigenvalue weighted by molar-refractivity contribution is 7.20. The molecule has 0 fully saturated rings. The van der Waals surface area contributed by atoms with Gasteiger partial charge in [-0.3, -0.25) is 0 Å². The van der Waals surface area contributed by atoms with E-state index < -0.39 is 16.1 Å². The molecular weight excluding hydrogens is 1120 g/mol. The van der Waals surface area contributed by atoms with Crippen molar-refractivity contribution in [2.24, 2.45) is 0 Å². The Morgan fingerprint density at radius 3 is 1.02 bits per heavy atom. The molecule has 0 N–H and O–H groups in total. The van der Waals surface area contributed by atoms with Gasteiger partial charge in [0.25, 0.3) is 6.71 Å². The molecule has 0 amide bonds. The molecule has 17 rings (SSSR count). The molecule has 0 radical (unpaired) electrons. The minimum atomic E-state index is -3.01. The van der Waals surface area contributed by atoms with Crippen molar-refractivity contribution in [2.75, 3.05) is 9.80 Å². The van der Waals surface area contributed by atoms with Gasteiger partial charge < -0.3 is 14.4 Å². The van der Waals surface area contributed by atoms with Crippen LogP contribution < -0.4 is 67.7 Å². The van der Waals surface area contributed by atoms with Gasteiger partial charge >= 0.3 is 0 Å². The number of para-hydroxylation sites is 3. The van der Waals surface area contributed by atoms with E-state index in [1.165, 1.54) is 79.8 Å². The number of fused-ring (bicyclic) bond motifs is 7. The summed E-state index contributed by atoms with van der Waals surface area (Å²) in [6.45, 7) is -0.151. The lowest BCUT2D eigenvalue weighted by atomic mass is 9.32. The summed E-state index contributed by atoms with van der Waals surface area (Å²) in [6, 6.07) is 138. The Balaban J connectivity index is 0.997. The van der Waals surface area contributed by atoms with Crippen LogP contribution in [0.25, 0.3) is 38.6 Å². The number of rotatable bonds is 12. The number of benzene rings is 14. The van der Waals surface area contributed by atoms with Gasteiger partial charge in [0.15, 0.2) is 16.1 Å². The molecule has 3 nitrogen and oxygen atoms in total. The van der Waals surface area contributed by atoms with Gasteiger partial charge in [-0.1, -0.05) is 303 Å². The fourth-order valence-electron chi connectivity index (χ4n) is 15.6. The van der Waals surface area contributed by atoms with E-state index in [9.17, 15) is 0 Å². The molecule has 0 spiro atoms. The first-order valence-corrected chi connectivity index (χ1v) is 35.3. The third-order valence-corrected chi connectivity index (χ3v) is 28.8. The first kappa shape index (κ1) is 53.2. The van der Waals surface area contributed by atoms with Crippen LogP contribution in [0, 0.1) is 0 Å². The zero-order valence-corrected chi connectivity index (χ0v) is 51.6. The van der Waals surface area contributed by atoms with Crippen molar-refractivity contribution < 1.29 is 0 Å². The van der Waals surface area contributed by atoms with Crippen molar-refractivity contribution in [1.82, 2.24) is 4.57 Å². The molecule has 1 aromatic heterocycles. The van der Waals surface area contributed by atoms with Gasteiger partial charge in [0, 0.05) is 44.9 Å². The zero-order valence-electron chi connectivity index (χ0n) is 49.6. The molecule has 15 aromatic rings. The van der Waals surface area contributed by atoms with Gasteiger partial charge in [-0.2, -0.15) is 0 Å². The lowest BCUT2D eigenvalue weighted by Crippen LogP contribution is -2.74. The van der Waals surface area contributed by atoms with Crippen LogP contribution in [0.4, 0.5) is 34.1 Å². The summed E-state index contributed by atoms with van der Waals surface area (Å²) in [7, 11) is -6.00. The smallest absolute Gasteiger partial charge is 0.252 e. The number of aromatic nitrogens is 1. The van der Waals surface area contributed by atoms with Gasteiger partial charge in [0.1, 0.15) is 0 Å². The molecule has 0 bridgehead atoms. The van der Waals surface area contributed by atoms with Crippen LogP contribution in [0.1, 0.15) is 0 Å². The van der Waals surface area contributed by atoms with E-state index >= 15 is 0 Å². The topological polar surface area (TPSA) is 11.4 Å². The number of hydrogen-bond donors (Lipinski definition) is 0. The minimum absolute atomic E-state index is 0.151. The van der Waals surface area contributed by atoms with Crippen LogP contribution in [0.2, 0.25) is 0 Å². The Labute approximate surface area is 528 Å². The van der Waals surface area contributed by atoms with E-state index in [4.69, 9.17) is 0 Å². The molecule has 2 aliphatic heterocycles. The molecule has 0 saturated heterocycles. The van der Waals surface area contributed by atoms with Crippen molar-refractivity contribution in [3.05, 3.63) is 364 Å². The lowest BCUT2D eigenvalue weighted by molar-refractivity contribution is 1.16. The summed E-state index contributed by atoms with van der Waals surface area (Å²) in [5.74, 6) is 0. The molecule has 0 saturated carbocycles. The lowest BCUT2D eigenvalue weighted by Gasteiger charge is -2.45. The average Bonchev–Trinajstić information content (AvgIpc) is 0.785. The van der Waals surface area contributed by atoms with Gasteiger partial charge in [-0.15, -0.1) is 0 Å². The fourth-order valence-corrected chi connectivity index (χ4v) is 25.2. The zero-order chi connectivity index (χ0) is 59.6. The predicted octanol–water partition coefficient (Wildman–Crippen LogP) is 13.3. The van der Waals surface area contributed by atoms with E-state index in [2.05, 4.69) is 378 Å². The van der Waals surface area contributed by atoms with Crippen molar-refractivity contribution in [1.29, 1.82) is 0 Å². The number of anilines is 6. The summed E-state index contributed by atoms with van der Waals surface area (Å²) in [5.41, 5.74) is 16.5. The molecule has 0 atom stereocenters. The molecule has 90 heavy (non-hydrogen) atoms. The summed E-state index contributed by atoms with van der Waals surface area (Å²) in [4.78, 5) is 5.26. The third kappa shape index (κ3) is 8.26. The monoisotopic (exact) mass is 1180 g/mol. The van der Waals surface area contributed by atoms with E-state index in [0.717, 1.165) is 50.8 Å². The number of hydrogen-bond acceptors (Lipinski definition) is 2. The van der Waals surface area contributed by atoms with E-state index in [1.54, 1.807) is 0 Å². The highest BCUT2D eigenvalue weighted by atomic mass is 28.3. The standard InChI is InChI=1S/C84H60BN3Si2/c1-8-31-61(32-9-1)73-51-30-56-80-83(73)85-76-52-24-27-55-79(76)86(62-33-28-47-71(57-62)89(65-35-10-2-11-36-65,66-37-12-3-13-38-66)67-39-14-4-15-40-67)81-59-64(88-77-53-25-22-49-74(77)75-50-23-26-54-78(75)88)60-82(84(81)85)87(80)63-34-29-48-72(58-63)90(68-41-16-5-17-42-68,69-43-18-6-19-44-69)70-45-20-7-21-46-70/h1-60H. The first-order valence-electron chi connectivity index (χ1n) is 31.3. The number of nitrogens with zero attached hydrogens (tertiary/aromatic N) is 3. The molecule has 0 unspecified atom stereocenters. The first-order chi connectivity index (χ1) is 44.7. The summed E-state index contributed by atoms with van der Waals surface area (Å²) in [5, 5.41) is 13.1. The van der Waals surface area contributed by atoms with Crippen LogP contribution in [-0.2, 0) is 0 Å². The molecule has 0 aliphatic carbocycles. The fraction of sp³-hybridized carbons (Fsp3) is 0. The highest BCUT2D eigenvalue weighted by Crippen LogP contribution is 2.47. The Hall–Kier alpha value is -11.0.